The molecule has 0 bridgehead atoms. The van der Waals surface area contributed by atoms with Gasteiger partial charge in [0.2, 0.25) is 5.91 Å². The third-order valence-electron chi connectivity index (χ3n) is 3.96. The standard InChI is InChI=1S/C16H17N5OS2/c17-4-1-13(22)21-16-14(9-2-5-19-8-12(9)24-16)15-20-10-7-18-6-3-11(10)23-15/h3,6-7,19H,1-2,4-5,8,17H2,(H,21,22). The lowest BCUT2D eigenvalue weighted by Crippen LogP contribution is -2.22. The largest absolute Gasteiger partial charge is 0.330 e. The van der Waals surface area contributed by atoms with Gasteiger partial charge in [0.1, 0.15) is 15.5 Å². The Bertz CT molecular complexity index is 868. The number of aromatic nitrogens is 2. The highest BCUT2D eigenvalue weighted by Crippen LogP contribution is 2.44. The van der Waals surface area contributed by atoms with Crippen molar-refractivity contribution < 1.29 is 4.79 Å². The number of fused-ring (bicyclic) bond motifs is 2. The van der Waals surface area contributed by atoms with Gasteiger partial charge in [0.05, 0.1) is 10.9 Å². The van der Waals surface area contributed by atoms with Crippen LogP contribution in [0.1, 0.15) is 16.9 Å². The molecule has 0 unspecified atom stereocenters. The van der Waals surface area contributed by atoms with E-state index < -0.39 is 0 Å². The second kappa shape index (κ2) is 6.56. The van der Waals surface area contributed by atoms with Crippen LogP contribution in [0.2, 0.25) is 0 Å². The average Bonchev–Trinajstić information content (AvgIpc) is 3.14. The fourth-order valence-electron chi connectivity index (χ4n) is 2.86. The molecule has 4 N–H and O–H groups in total. The van der Waals surface area contributed by atoms with Crippen molar-refractivity contribution >= 4 is 43.8 Å². The van der Waals surface area contributed by atoms with E-state index >= 15 is 0 Å². The summed E-state index contributed by atoms with van der Waals surface area (Å²) in [6.07, 6.45) is 4.83. The van der Waals surface area contributed by atoms with Gasteiger partial charge in [-0.2, -0.15) is 0 Å². The zero-order valence-corrected chi connectivity index (χ0v) is 14.6. The fourth-order valence-corrected chi connectivity index (χ4v) is 5.17. The molecule has 1 aliphatic rings. The van der Waals surface area contributed by atoms with Crippen molar-refractivity contribution in [1.82, 2.24) is 15.3 Å². The van der Waals surface area contributed by atoms with Gasteiger partial charge in [-0.25, -0.2) is 4.98 Å². The van der Waals surface area contributed by atoms with Crippen LogP contribution in [-0.2, 0) is 17.8 Å². The minimum atomic E-state index is -0.0481. The Kier molecular flexibility index (Phi) is 4.28. The first kappa shape index (κ1) is 15.6. The number of nitrogens with zero attached hydrogens (tertiary/aromatic N) is 2. The molecule has 3 aromatic rings. The molecule has 0 aliphatic carbocycles. The first-order valence-electron chi connectivity index (χ1n) is 7.82. The molecule has 6 nitrogen and oxygen atoms in total. The number of carbonyl (C=O) groups excluding carboxylic acids is 1. The van der Waals surface area contributed by atoms with E-state index in [2.05, 4.69) is 15.6 Å². The quantitative estimate of drug-likeness (QED) is 0.665. The van der Waals surface area contributed by atoms with Crippen molar-refractivity contribution in [2.75, 3.05) is 18.4 Å². The van der Waals surface area contributed by atoms with Crippen molar-refractivity contribution in [2.45, 2.75) is 19.4 Å². The smallest absolute Gasteiger partial charge is 0.226 e. The van der Waals surface area contributed by atoms with Gasteiger partial charge >= 0.3 is 0 Å². The molecular weight excluding hydrogens is 342 g/mol. The summed E-state index contributed by atoms with van der Waals surface area (Å²) in [5.41, 5.74) is 8.76. The predicted octanol–water partition coefficient (Wildman–Crippen LogP) is 2.35. The van der Waals surface area contributed by atoms with Crippen LogP contribution < -0.4 is 16.4 Å². The normalized spacial score (nSPS) is 13.9. The molecule has 0 aromatic carbocycles. The van der Waals surface area contributed by atoms with Crippen LogP contribution in [0.3, 0.4) is 0 Å². The highest BCUT2D eigenvalue weighted by Gasteiger charge is 2.24. The summed E-state index contributed by atoms with van der Waals surface area (Å²) in [7, 11) is 0. The molecule has 0 spiro atoms. The van der Waals surface area contributed by atoms with Gasteiger partial charge in [0, 0.05) is 36.1 Å². The highest BCUT2D eigenvalue weighted by atomic mass is 32.1. The van der Waals surface area contributed by atoms with E-state index in [0.29, 0.717) is 13.0 Å². The van der Waals surface area contributed by atoms with Gasteiger partial charge in [0.25, 0.3) is 0 Å². The summed E-state index contributed by atoms with van der Waals surface area (Å²) >= 11 is 3.28. The molecule has 4 heterocycles. The molecule has 24 heavy (non-hydrogen) atoms. The maximum atomic E-state index is 12.1. The number of hydrogen-bond donors (Lipinski definition) is 3. The van der Waals surface area contributed by atoms with Crippen LogP contribution in [0.5, 0.6) is 0 Å². The van der Waals surface area contributed by atoms with Crippen molar-refractivity contribution in [2.24, 2.45) is 5.73 Å². The second-order valence-electron chi connectivity index (χ2n) is 5.58. The summed E-state index contributed by atoms with van der Waals surface area (Å²) in [5.74, 6) is -0.0481. The van der Waals surface area contributed by atoms with Crippen molar-refractivity contribution in [3.63, 3.8) is 0 Å². The Labute approximate surface area is 147 Å². The number of amides is 1. The maximum absolute atomic E-state index is 12.1. The average molecular weight is 359 g/mol. The van der Waals surface area contributed by atoms with Gasteiger partial charge in [-0.3, -0.25) is 9.78 Å². The van der Waals surface area contributed by atoms with E-state index in [1.54, 1.807) is 35.1 Å². The maximum Gasteiger partial charge on any atom is 0.226 e. The molecular formula is C16H17N5OS2. The third kappa shape index (κ3) is 2.82. The molecule has 1 aliphatic heterocycles. The number of thiophene rings is 1. The Hall–Kier alpha value is -1.87. The minimum absolute atomic E-state index is 0.0481. The summed E-state index contributed by atoms with van der Waals surface area (Å²) < 4.78 is 1.10. The van der Waals surface area contributed by atoms with E-state index in [0.717, 1.165) is 45.3 Å². The van der Waals surface area contributed by atoms with Crippen LogP contribution in [0.4, 0.5) is 5.00 Å². The Morgan fingerprint density at radius 2 is 2.33 bits per heavy atom. The summed E-state index contributed by atoms with van der Waals surface area (Å²) in [6.45, 7) is 2.13. The fraction of sp³-hybridized carbons (Fsp3) is 0.312. The van der Waals surface area contributed by atoms with Crippen molar-refractivity contribution in [1.29, 1.82) is 0 Å². The number of rotatable bonds is 4. The Morgan fingerprint density at radius 3 is 3.17 bits per heavy atom. The lowest BCUT2D eigenvalue weighted by molar-refractivity contribution is -0.116. The number of hydrogen-bond acceptors (Lipinski definition) is 7. The second-order valence-corrected chi connectivity index (χ2v) is 7.72. The summed E-state index contributed by atoms with van der Waals surface area (Å²) in [6, 6.07) is 1.98. The van der Waals surface area contributed by atoms with E-state index in [-0.39, 0.29) is 5.91 Å². The molecule has 0 fully saturated rings. The first-order valence-corrected chi connectivity index (χ1v) is 9.45. The lowest BCUT2D eigenvalue weighted by atomic mass is 10.0. The minimum Gasteiger partial charge on any atom is -0.330 e. The van der Waals surface area contributed by atoms with Gasteiger partial charge in [-0.05, 0) is 24.6 Å². The number of anilines is 1. The van der Waals surface area contributed by atoms with E-state index in [1.807, 2.05) is 6.07 Å². The van der Waals surface area contributed by atoms with E-state index in [1.165, 1.54) is 10.4 Å². The molecule has 3 aromatic heterocycles. The molecule has 8 heteroatoms. The zero-order chi connectivity index (χ0) is 16.5. The number of pyridine rings is 1. The monoisotopic (exact) mass is 359 g/mol. The summed E-state index contributed by atoms with van der Waals surface area (Å²) in [5, 5.41) is 8.25. The topological polar surface area (TPSA) is 92.9 Å². The van der Waals surface area contributed by atoms with Crippen LogP contribution in [-0.4, -0.2) is 29.0 Å². The molecule has 124 valence electrons. The van der Waals surface area contributed by atoms with Gasteiger partial charge in [-0.15, -0.1) is 22.7 Å². The number of nitrogens with two attached hydrogens (primary N) is 1. The van der Waals surface area contributed by atoms with Crippen LogP contribution in [0.15, 0.2) is 18.5 Å². The number of thiazole rings is 1. The van der Waals surface area contributed by atoms with E-state index in [9.17, 15) is 4.79 Å². The SMILES string of the molecule is NCCC(=O)Nc1sc2c(c1-c1nc3cnccc3s1)CCNC2. The lowest BCUT2D eigenvalue weighted by Gasteiger charge is -2.13. The predicted molar refractivity (Wildman–Crippen MR) is 98.4 cm³/mol. The van der Waals surface area contributed by atoms with Crippen LogP contribution >= 0.6 is 22.7 Å². The highest BCUT2D eigenvalue weighted by molar-refractivity contribution is 7.22. The van der Waals surface area contributed by atoms with Crippen LogP contribution in [0.25, 0.3) is 20.8 Å². The van der Waals surface area contributed by atoms with Crippen molar-refractivity contribution in [3.05, 3.63) is 28.9 Å². The molecule has 0 radical (unpaired) electrons. The Morgan fingerprint density at radius 1 is 1.42 bits per heavy atom. The molecule has 4 rings (SSSR count). The molecule has 0 saturated heterocycles. The zero-order valence-electron chi connectivity index (χ0n) is 13.0. The third-order valence-corrected chi connectivity index (χ3v) is 6.16. The van der Waals surface area contributed by atoms with Crippen molar-refractivity contribution in [3.8, 4) is 10.6 Å². The first-order chi connectivity index (χ1) is 11.8. The molecule has 0 atom stereocenters. The van der Waals surface area contributed by atoms with Crippen LogP contribution in [0, 0.1) is 0 Å². The number of carbonyl (C=O) groups is 1. The molecule has 1 amide bonds. The molecule has 0 saturated carbocycles. The van der Waals surface area contributed by atoms with Gasteiger partial charge in [0.15, 0.2) is 0 Å². The van der Waals surface area contributed by atoms with E-state index in [4.69, 9.17) is 10.7 Å². The number of nitrogens with one attached hydrogen (secondary N) is 2. The Balaban J connectivity index is 1.82. The summed E-state index contributed by atoms with van der Waals surface area (Å²) in [4.78, 5) is 22.2. The van der Waals surface area contributed by atoms with Gasteiger partial charge in [-0.1, -0.05) is 0 Å². The van der Waals surface area contributed by atoms with Gasteiger partial charge < -0.3 is 16.4 Å².